The normalized spacial score (nSPS) is 16.8. The van der Waals surface area contributed by atoms with Gasteiger partial charge in [0.15, 0.2) is 0 Å². The summed E-state index contributed by atoms with van der Waals surface area (Å²) in [6, 6.07) is 0.185. The van der Waals surface area contributed by atoms with Crippen LogP contribution in [0.1, 0.15) is 34.1 Å². The van der Waals surface area contributed by atoms with Gasteiger partial charge in [0.2, 0.25) is 0 Å². The Balaban J connectivity index is 4.80. The molecule has 0 radical (unpaired) electrons. The third-order valence-corrected chi connectivity index (χ3v) is 4.44. The molecule has 0 bridgehead atoms. The second-order valence-corrected chi connectivity index (χ2v) is 8.55. The van der Waals surface area contributed by atoms with Gasteiger partial charge in [-0.2, -0.15) is 0 Å². The summed E-state index contributed by atoms with van der Waals surface area (Å²) in [5.74, 6) is -0.194. The maximum absolute atomic E-state index is 12.0. The van der Waals surface area contributed by atoms with Crippen LogP contribution in [0, 0.1) is 0 Å². The molecule has 0 spiro atoms. The number of nitrogens with one attached hydrogen (secondary N) is 1. The molecule has 0 aromatic heterocycles. The molecule has 7 heteroatoms. The summed E-state index contributed by atoms with van der Waals surface area (Å²) in [6.45, 7) is 8.18. The molecule has 0 rings (SSSR count). The Morgan fingerprint density at radius 2 is 1.86 bits per heavy atom. The van der Waals surface area contributed by atoms with Crippen molar-refractivity contribution in [3.05, 3.63) is 0 Å². The van der Waals surface area contributed by atoms with Gasteiger partial charge in [0.25, 0.3) is 0 Å². The van der Waals surface area contributed by atoms with E-state index in [0.717, 1.165) is 0 Å². The highest BCUT2D eigenvalue weighted by molar-refractivity contribution is 7.90. The maximum atomic E-state index is 12.0. The smallest absolute Gasteiger partial charge is 0.325 e. The van der Waals surface area contributed by atoms with Crippen molar-refractivity contribution in [1.29, 1.82) is 0 Å². The molecular formula is C14H30N2O4S. The number of carbonyl (C=O) groups excluding carboxylic acids is 1. The number of ether oxygens (including phenoxy) is 1. The van der Waals surface area contributed by atoms with E-state index in [0.29, 0.717) is 13.0 Å². The first-order chi connectivity index (χ1) is 9.41. The topological polar surface area (TPSA) is 75.7 Å². The highest BCUT2D eigenvalue weighted by atomic mass is 32.2. The average Bonchev–Trinajstić information content (AvgIpc) is 2.32. The van der Waals surface area contributed by atoms with Crippen molar-refractivity contribution in [3.8, 4) is 0 Å². The number of carbonyl (C=O) groups is 1. The van der Waals surface area contributed by atoms with Crippen molar-refractivity contribution in [2.24, 2.45) is 0 Å². The molecule has 6 nitrogen and oxygen atoms in total. The van der Waals surface area contributed by atoms with Gasteiger partial charge in [0.1, 0.15) is 15.4 Å². The number of sulfone groups is 1. The monoisotopic (exact) mass is 322 g/mol. The van der Waals surface area contributed by atoms with Crippen molar-refractivity contribution in [1.82, 2.24) is 10.2 Å². The lowest BCUT2D eigenvalue weighted by Crippen LogP contribution is -2.56. The predicted octanol–water partition coefficient (Wildman–Crippen LogP) is 0.671. The first-order valence-corrected chi connectivity index (χ1v) is 9.21. The predicted molar refractivity (Wildman–Crippen MR) is 85.1 cm³/mol. The van der Waals surface area contributed by atoms with Crippen LogP contribution < -0.4 is 5.32 Å². The highest BCUT2D eigenvalue weighted by Crippen LogP contribution is 2.18. The summed E-state index contributed by atoms with van der Waals surface area (Å²) in [7, 11) is 0.254. The highest BCUT2D eigenvalue weighted by Gasteiger charge is 2.37. The van der Waals surface area contributed by atoms with E-state index in [1.165, 1.54) is 13.4 Å². The zero-order valence-electron chi connectivity index (χ0n) is 14.3. The van der Waals surface area contributed by atoms with Crippen LogP contribution in [0.4, 0.5) is 0 Å². The lowest BCUT2D eigenvalue weighted by atomic mass is 9.92. The van der Waals surface area contributed by atoms with Gasteiger partial charge in [-0.15, -0.1) is 0 Å². The van der Waals surface area contributed by atoms with Gasteiger partial charge in [0.05, 0.1) is 12.9 Å². The third kappa shape index (κ3) is 7.78. The Morgan fingerprint density at radius 3 is 2.24 bits per heavy atom. The number of nitrogens with zero attached hydrogens (tertiary/aromatic N) is 1. The van der Waals surface area contributed by atoms with Gasteiger partial charge >= 0.3 is 5.97 Å². The summed E-state index contributed by atoms with van der Waals surface area (Å²) in [4.78, 5) is 14.0. The molecular weight excluding hydrogens is 292 g/mol. The van der Waals surface area contributed by atoms with E-state index in [1.807, 2.05) is 39.6 Å². The number of hydrogen-bond donors (Lipinski definition) is 1. The average molecular weight is 322 g/mol. The number of rotatable bonds is 9. The lowest BCUT2D eigenvalue weighted by Gasteiger charge is -2.35. The minimum atomic E-state index is -2.99. The molecule has 1 N–H and O–H groups in total. The third-order valence-electron chi connectivity index (χ3n) is 3.51. The lowest BCUT2D eigenvalue weighted by molar-refractivity contribution is -0.149. The molecule has 0 amide bonds. The van der Waals surface area contributed by atoms with Crippen LogP contribution in [0.25, 0.3) is 0 Å². The second-order valence-electron chi connectivity index (χ2n) is 6.29. The Kier molecular flexibility index (Phi) is 7.84. The van der Waals surface area contributed by atoms with Gasteiger partial charge in [-0.25, -0.2) is 8.42 Å². The maximum Gasteiger partial charge on any atom is 0.325 e. The van der Waals surface area contributed by atoms with Crippen LogP contribution in [0.5, 0.6) is 0 Å². The fourth-order valence-electron chi connectivity index (χ4n) is 2.34. The first kappa shape index (κ1) is 20.3. The molecule has 0 heterocycles. The summed E-state index contributed by atoms with van der Waals surface area (Å²) in [5, 5.41) is 3.25. The first-order valence-electron chi connectivity index (χ1n) is 7.15. The molecule has 0 aromatic carbocycles. The van der Waals surface area contributed by atoms with Gasteiger partial charge in [0, 0.05) is 24.9 Å². The SMILES string of the molecule is COC(=O)C(C)(CC(C)N(C)CCS(C)(=O)=O)NC(C)C. The molecule has 21 heavy (non-hydrogen) atoms. The van der Waals surface area contributed by atoms with E-state index in [2.05, 4.69) is 5.32 Å². The molecule has 0 aliphatic rings. The molecule has 0 fully saturated rings. The van der Waals surface area contributed by atoms with Crippen LogP contribution >= 0.6 is 0 Å². The zero-order chi connectivity index (χ0) is 16.8. The van der Waals surface area contributed by atoms with E-state index in [1.54, 1.807) is 0 Å². The minimum Gasteiger partial charge on any atom is -0.468 e. The molecule has 0 aromatic rings. The fraction of sp³-hybridized carbons (Fsp3) is 0.929. The van der Waals surface area contributed by atoms with Crippen LogP contribution in [0.15, 0.2) is 0 Å². The number of methoxy groups -OCH3 is 1. The number of hydrogen-bond acceptors (Lipinski definition) is 6. The number of esters is 1. The van der Waals surface area contributed by atoms with E-state index >= 15 is 0 Å². The molecule has 0 saturated carbocycles. The van der Waals surface area contributed by atoms with Crippen LogP contribution in [-0.2, 0) is 19.4 Å². The summed E-state index contributed by atoms with van der Waals surface area (Å²) in [5.41, 5.74) is -0.790. The van der Waals surface area contributed by atoms with E-state index in [-0.39, 0.29) is 23.8 Å². The zero-order valence-corrected chi connectivity index (χ0v) is 15.1. The Labute approximate surface area is 129 Å². The van der Waals surface area contributed by atoms with E-state index < -0.39 is 15.4 Å². The molecule has 126 valence electrons. The molecule has 0 aliphatic carbocycles. The van der Waals surface area contributed by atoms with Gasteiger partial charge in [-0.05, 0) is 41.2 Å². The van der Waals surface area contributed by atoms with E-state index in [4.69, 9.17) is 4.74 Å². The van der Waals surface area contributed by atoms with E-state index in [9.17, 15) is 13.2 Å². The van der Waals surface area contributed by atoms with Gasteiger partial charge in [-0.1, -0.05) is 0 Å². The Hall–Kier alpha value is -0.660. The van der Waals surface area contributed by atoms with Crippen molar-refractivity contribution in [2.75, 3.05) is 32.7 Å². The van der Waals surface area contributed by atoms with Crippen molar-refractivity contribution in [3.63, 3.8) is 0 Å². The Morgan fingerprint density at radius 1 is 1.33 bits per heavy atom. The molecule has 2 atom stereocenters. The Bertz CT molecular complexity index is 436. The summed E-state index contributed by atoms with van der Waals surface area (Å²) < 4.78 is 27.4. The van der Waals surface area contributed by atoms with Crippen LogP contribution in [0.2, 0.25) is 0 Å². The van der Waals surface area contributed by atoms with Crippen LogP contribution in [-0.4, -0.2) is 69.6 Å². The standard InChI is InChI=1S/C14H30N2O4S/c1-11(2)15-14(4,13(17)20-6)10-12(3)16(5)8-9-21(7,18)19/h11-12,15H,8-10H2,1-7H3. The summed E-state index contributed by atoms with van der Waals surface area (Å²) >= 11 is 0. The quantitative estimate of drug-likeness (QED) is 0.629. The second kappa shape index (κ2) is 8.10. The van der Waals surface area contributed by atoms with Crippen molar-refractivity contribution in [2.45, 2.75) is 51.7 Å². The molecule has 0 aliphatic heterocycles. The van der Waals surface area contributed by atoms with Gasteiger partial charge < -0.3 is 9.64 Å². The minimum absolute atomic E-state index is 0.0436. The fourth-order valence-corrected chi connectivity index (χ4v) is 2.96. The molecule has 0 saturated heterocycles. The van der Waals surface area contributed by atoms with Crippen molar-refractivity contribution < 1.29 is 17.9 Å². The van der Waals surface area contributed by atoms with Gasteiger partial charge in [-0.3, -0.25) is 10.1 Å². The van der Waals surface area contributed by atoms with Crippen LogP contribution in [0.3, 0.4) is 0 Å². The largest absolute Gasteiger partial charge is 0.468 e. The molecule has 2 unspecified atom stereocenters. The summed E-state index contributed by atoms with van der Waals surface area (Å²) in [6.07, 6.45) is 1.77. The van der Waals surface area contributed by atoms with Crippen molar-refractivity contribution >= 4 is 15.8 Å².